The Morgan fingerprint density at radius 2 is 1.53 bits per heavy atom. The highest BCUT2D eigenvalue weighted by atomic mass is 32.1. The first kappa shape index (κ1) is 29.2. The molecule has 2 N–H and O–H groups in total. The van der Waals surface area contributed by atoms with E-state index in [1.807, 2.05) is 77.1 Å². The van der Waals surface area contributed by atoms with Crippen LogP contribution < -0.4 is 10.9 Å². The molecule has 0 saturated carbocycles. The summed E-state index contributed by atoms with van der Waals surface area (Å²) < 4.78 is 0. The number of nitrogens with zero attached hydrogens (tertiary/aromatic N) is 2. The predicted molar refractivity (Wildman–Crippen MR) is 141 cm³/mol. The first-order valence-electron chi connectivity index (χ1n) is 10.6. The van der Waals surface area contributed by atoms with Crippen molar-refractivity contribution in [3.63, 3.8) is 0 Å². The maximum atomic E-state index is 12.4. The van der Waals surface area contributed by atoms with Gasteiger partial charge in [0.25, 0.3) is 0 Å². The lowest BCUT2D eigenvalue weighted by atomic mass is 10.2. The Bertz CT molecular complexity index is 836. The fourth-order valence-electron chi connectivity index (χ4n) is 2.47. The predicted octanol–water partition coefficient (Wildman–Crippen LogP) is 4.50. The molecular weight excluding hydrogens is 440 g/mol. The van der Waals surface area contributed by atoms with Crippen molar-refractivity contribution in [3.8, 4) is 0 Å². The molecule has 0 aliphatic carbocycles. The van der Waals surface area contributed by atoms with Gasteiger partial charge in [0.2, 0.25) is 11.8 Å². The largest absolute Gasteiger partial charge is 0.274 e. The van der Waals surface area contributed by atoms with Gasteiger partial charge in [0, 0.05) is 24.2 Å². The van der Waals surface area contributed by atoms with Gasteiger partial charge >= 0.3 is 0 Å². The molecule has 0 aliphatic heterocycles. The summed E-state index contributed by atoms with van der Waals surface area (Å²) in [6.45, 7) is 14.2. The zero-order valence-corrected chi connectivity index (χ0v) is 21.2. The van der Waals surface area contributed by atoms with Crippen LogP contribution in [0.3, 0.4) is 0 Å². The summed E-state index contributed by atoms with van der Waals surface area (Å²) >= 11 is 10.9. The van der Waals surface area contributed by atoms with Crippen molar-refractivity contribution < 1.29 is 9.59 Å². The third kappa shape index (κ3) is 9.98. The molecule has 0 spiro atoms. The van der Waals surface area contributed by atoms with Gasteiger partial charge in [-0.1, -0.05) is 99.5 Å². The average Bonchev–Trinajstić information content (AvgIpc) is 2.81. The molecule has 0 aliphatic rings. The van der Waals surface area contributed by atoms with Gasteiger partial charge < -0.3 is 0 Å². The smallest absolute Gasteiger partial charge is 0.248 e. The van der Waals surface area contributed by atoms with Crippen LogP contribution in [0.1, 0.15) is 46.6 Å². The van der Waals surface area contributed by atoms with Crippen molar-refractivity contribution in [3.05, 3.63) is 72.4 Å². The molecule has 0 aromatic heterocycles. The van der Waals surface area contributed by atoms with E-state index in [2.05, 4.69) is 17.4 Å². The summed E-state index contributed by atoms with van der Waals surface area (Å²) in [6, 6.07) is 9.36. The molecule has 0 bridgehead atoms. The lowest BCUT2D eigenvalue weighted by molar-refractivity contribution is -0.132. The Morgan fingerprint density at radius 1 is 1.00 bits per heavy atom. The Labute approximate surface area is 203 Å². The number of hydrogen-bond donors (Lipinski definition) is 2. The van der Waals surface area contributed by atoms with Gasteiger partial charge in [-0.15, -0.1) is 0 Å². The molecule has 1 rings (SSSR count). The van der Waals surface area contributed by atoms with E-state index in [1.165, 1.54) is 5.01 Å². The van der Waals surface area contributed by atoms with E-state index in [4.69, 9.17) is 24.4 Å². The number of likely N-dealkylation sites (N-methyl/N-ethyl adjacent to an activating group) is 1. The van der Waals surface area contributed by atoms with Crippen LogP contribution in [-0.4, -0.2) is 44.9 Å². The Morgan fingerprint density at radius 3 is 2.00 bits per heavy atom. The highest BCUT2D eigenvalue weighted by molar-refractivity contribution is 7.81. The molecule has 174 valence electrons. The van der Waals surface area contributed by atoms with Crippen LogP contribution >= 0.6 is 24.4 Å². The number of hydrogen-bond acceptors (Lipinski definition) is 4. The van der Waals surface area contributed by atoms with E-state index in [0.717, 1.165) is 11.1 Å². The molecule has 0 fully saturated rings. The highest BCUT2D eigenvalue weighted by Gasteiger charge is 2.18. The summed E-state index contributed by atoms with van der Waals surface area (Å²) in [4.78, 5) is 25.7. The summed E-state index contributed by atoms with van der Waals surface area (Å²) in [5.74, 6) is -0.943. The highest BCUT2D eigenvalue weighted by Crippen LogP contribution is 2.07. The molecule has 1 aromatic carbocycles. The van der Waals surface area contributed by atoms with Gasteiger partial charge in [0.15, 0.2) is 0 Å². The third-order valence-corrected chi connectivity index (χ3v) is 4.79. The Hall–Kier alpha value is -2.84. The number of rotatable bonds is 8. The molecule has 2 amide bonds. The minimum atomic E-state index is -0.475. The number of carbonyl (C=O) groups is 2. The summed E-state index contributed by atoms with van der Waals surface area (Å²) in [5.41, 5.74) is 6.91. The second kappa shape index (κ2) is 16.8. The normalized spacial score (nSPS) is 10.5. The standard InChI is InChI=1S/C22H28N4O2S2.C2H6/c1-5-12-17(13-6-2)21(29)25(7-3)23-19(27)16-20(28)24-26(8-4)22(30)18-14-10-9-11-15-18;1-2/h5-6,9-15H,1,7-8,16H2,2-4H3,(H,23,27)(H,24,28);1-2H3/b13-6-,17-12+;. The molecule has 6 nitrogen and oxygen atoms in total. The van der Waals surface area contributed by atoms with E-state index in [1.54, 1.807) is 17.2 Å². The quantitative estimate of drug-likeness (QED) is 0.190. The second-order valence-electron chi connectivity index (χ2n) is 6.07. The van der Waals surface area contributed by atoms with Crippen LogP contribution in [0.5, 0.6) is 0 Å². The van der Waals surface area contributed by atoms with E-state index < -0.39 is 11.8 Å². The van der Waals surface area contributed by atoms with Gasteiger partial charge in [-0.25, -0.2) is 0 Å². The maximum absolute atomic E-state index is 12.4. The van der Waals surface area contributed by atoms with Crippen LogP contribution in [0.15, 0.2) is 66.8 Å². The Balaban J connectivity index is 0.00000466. The van der Waals surface area contributed by atoms with Crippen LogP contribution in [0.4, 0.5) is 0 Å². The van der Waals surface area contributed by atoms with Gasteiger partial charge in [-0.2, -0.15) is 0 Å². The Kier molecular flexibility index (Phi) is 15.3. The lowest BCUT2D eigenvalue weighted by Gasteiger charge is -2.26. The number of allylic oxidation sites excluding steroid dienone is 3. The molecule has 0 unspecified atom stereocenters. The number of thiocarbonyl (C=S) groups is 2. The van der Waals surface area contributed by atoms with Crippen LogP contribution in [0.25, 0.3) is 0 Å². The van der Waals surface area contributed by atoms with Crippen molar-refractivity contribution in [1.82, 2.24) is 20.9 Å². The third-order valence-electron chi connectivity index (χ3n) is 3.87. The summed E-state index contributed by atoms with van der Waals surface area (Å²) in [5, 5.41) is 3.06. The number of nitrogens with one attached hydrogen (secondary N) is 2. The lowest BCUT2D eigenvalue weighted by Crippen LogP contribution is -2.49. The topological polar surface area (TPSA) is 64.7 Å². The van der Waals surface area contributed by atoms with Crippen molar-refractivity contribution >= 4 is 46.2 Å². The number of carbonyl (C=O) groups excluding carboxylic acids is 2. The van der Waals surface area contributed by atoms with Crippen molar-refractivity contribution in [2.75, 3.05) is 13.1 Å². The number of benzene rings is 1. The minimum Gasteiger partial charge on any atom is -0.274 e. The molecule has 1 aromatic rings. The zero-order valence-electron chi connectivity index (χ0n) is 19.6. The minimum absolute atomic E-state index is 0.364. The van der Waals surface area contributed by atoms with Crippen LogP contribution in [0.2, 0.25) is 0 Å². The van der Waals surface area contributed by atoms with E-state index >= 15 is 0 Å². The summed E-state index contributed by atoms with van der Waals surface area (Å²) in [6.07, 6.45) is 6.69. The molecule has 0 atom stereocenters. The van der Waals surface area contributed by atoms with Crippen molar-refractivity contribution in [2.45, 2.75) is 41.0 Å². The molecule has 0 heterocycles. The summed E-state index contributed by atoms with van der Waals surface area (Å²) in [7, 11) is 0. The average molecular weight is 475 g/mol. The van der Waals surface area contributed by atoms with Crippen LogP contribution in [0, 0.1) is 0 Å². The van der Waals surface area contributed by atoms with Crippen LogP contribution in [-0.2, 0) is 9.59 Å². The zero-order chi connectivity index (χ0) is 24.5. The second-order valence-corrected chi connectivity index (χ2v) is 6.84. The molecular formula is C24H34N4O2S2. The molecule has 32 heavy (non-hydrogen) atoms. The molecule has 0 saturated heterocycles. The molecule has 0 radical (unpaired) electrons. The fraction of sp³-hybridized carbons (Fsp3) is 0.333. The van der Waals surface area contributed by atoms with Gasteiger partial charge in [-0.3, -0.25) is 30.5 Å². The van der Waals surface area contributed by atoms with Gasteiger partial charge in [-0.05, 0) is 20.8 Å². The van der Waals surface area contributed by atoms with E-state index in [-0.39, 0.29) is 6.42 Å². The maximum Gasteiger partial charge on any atom is 0.248 e. The number of hydrazine groups is 2. The SMILES string of the molecule is C=C/C=C(\C=C/C)C(=S)N(CC)NC(=O)CC(=O)NN(CC)C(=S)c1ccccc1.CC. The first-order valence-corrected chi connectivity index (χ1v) is 11.4. The van der Waals surface area contributed by atoms with E-state index in [0.29, 0.717) is 23.1 Å². The van der Waals surface area contributed by atoms with Crippen molar-refractivity contribution in [2.24, 2.45) is 0 Å². The van der Waals surface area contributed by atoms with Gasteiger partial charge in [0.1, 0.15) is 16.4 Å². The van der Waals surface area contributed by atoms with Crippen molar-refractivity contribution in [1.29, 1.82) is 0 Å². The number of amides is 2. The van der Waals surface area contributed by atoms with Gasteiger partial charge in [0.05, 0.1) is 0 Å². The molecule has 8 heteroatoms. The monoisotopic (exact) mass is 474 g/mol. The fourth-order valence-corrected chi connectivity index (χ4v) is 3.09. The van der Waals surface area contributed by atoms with E-state index in [9.17, 15) is 9.59 Å². The first-order chi connectivity index (χ1) is 15.4.